The van der Waals surface area contributed by atoms with Crippen LogP contribution >= 0.6 is 11.8 Å². The first-order chi connectivity index (χ1) is 7.31. The number of terminal acetylenes is 1. The highest BCUT2D eigenvalue weighted by Gasteiger charge is 1.97. The number of hydrogen-bond donors (Lipinski definition) is 2. The van der Waals surface area contributed by atoms with Crippen LogP contribution < -0.4 is 10.6 Å². The summed E-state index contributed by atoms with van der Waals surface area (Å²) < 4.78 is 0. The number of rotatable bonds is 9. The maximum absolute atomic E-state index is 11.2. The van der Waals surface area contributed by atoms with Crippen molar-refractivity contribution in [2.45, 2.75) is 19.3 Å². The molecule has 0 heterocycles. The number of thioether (sulfide) groups is 1. The van der Waals surface area contributed by atoms with Crippen LogP contribution in [0.4, 0.5) is 0 Å². The minimum atomic E-state index is 0.0233. The summed E-state index contributed by atoms with van der Waals surface area (Å²) in [5.41, 5.74) is 0. The van der Waals surface area contributed by atoms with E-state index in [1.807, 2.05) is 11.8 Å². The molecule has 0 spiro atoms. The van der Waals surface area contributed by atoms with Gasteiger partial charge in [-0.1, -0.05) is 12.3 Å². The molecule has 0 bridgehead atoms. The molecule has 0 saturated carbocycles. The van der Waals surface area contributed by atoms with E-state index in [1.54, 1.807) is 0 Å². The van der Waals surface area contributed by atoms with Crippen LogP contribution in [-0.2, 0) is 4.79 Å². The molecule has 0 unspecified atom stereocenters. The first-order valence-electron chi connectivity index (χ1n) is 5.21. The van der Waals surface area contributed by atoms with E-state index < -0.39 is 0 Å². The molecule has 0 saturated heterocycles. The number of amides is 1. The molecule has 3 nitrogen and oxygen atoms in total. The molecule has 0 aromatic rings. The van der Waals surface area contributed by atoms with Crippen LogP contribution in [0.5, 0.6) is 0 Å². The van der Waals surface area contributed by atoms with E-state index in [2.05, 4.69) is 22.8 Å². The largest absolute Gasteiger partial charge is 0.355 e. The van der Waals surface area contributed by atoms with Gasteiger partial charge in [-0.25, -0.2) is 0 Å². The lowest BCUT2D eigenvalue weighted by Gasteiger charge is -2.04. The lowest BCUT2D eigenvalue weighted by atomic mass is 10.2. The molecular weight excluding hydrogens is 208 g/mol. The highest BCUT2D eigenvalue weighted by atomic mass is 32.2. The summed E-state index contributed by atoms with van der Waals surface area (Å²) in [6, 6.07) is 0. The van der Waals surface area contributed by atoms with Gasteiger partial charge in [0.15, 0.2) is 0 Å². The maximum atomic E-state index is 11.2. The third kappa shape index (κ3) is 11.3. The van der Waals surface area contributed by atoms with Crippen molar-refractivity contribution in [2.24, 2.45) is 0 Å². The number of carbonyl (C=O) groups is 1. The Hall–Kier alpha value is -0.660. The van der Waals surface area contributed by atoms with Gasteiger partial charge in [0.2, 0.25) is 5.91 Å². The van der Waals surface area contributed by atoms with Crippen molar-refractivity contribution in [3.63, 3.8) is 0 Å². The van der Waals surface area contributed by atoms with Crippen LogP contribution in [0.2, 0.25) is 0 Å². The minimum Gasteiger partial charge on any atom is -0.355 e. The van der Waals surface area contributed by atoms with Gasteiger partial charge in [0.1, 0.15) is 0 Å². The second-order valence-electron chi connectivity index (χ2n) is 3.21. The van der Waals surface area contributed by atoms with Gasteiger partial charge >= 0.3 is 0 Å². The normalized spacial score (nSPS) is 9.60. The van der Waals surface area contributed by atoms with Crippen LogP contribution in [0.25, 0.3) is 0 Å². The average Bonchev–Trinajstić information content (AvgIpc) is 2.23. The third-order valence-electron chi connectivity index (χ3n) is 1.86. The van der Waals surface area contributed by atoms with Gasteiger partial charge in [-0.15, -0.1) is 6.42 Å². The SMILES string of the molecule is C#CCNCC(=O)NCCCCCSC. The Labute approximate surface area is 96.8 Å². The van der Waals surface area contributed by atoms with Crippen molar-refractivity contribution in [3.05, 3.63) is 0 Å². The number of nitrogens with one attached hydrogen (secondary N) is 2. The summed E-state index contributed by atoms with van der Waals surface area (Å²) in [6.45, 7) is 1.53. The zero-order chi connectivity index (χ0) is 11.4. The molecule has 0 aliphatic rings. The van der Waals surface area contributed by atoms with E-state index >= 15 is 0 Å². The van der Waals surface area contributed by atoms with Gasteiger partial charge in [-0.2, -0.15) is 11.8 Å². The first kappa shape index (κ1) is 14.3. The molecule has 0 radical (unpaired) electrons. The van der Waals surface area contributed by atoms with Gasteiger partial charge in [0, 0.05) is 6.54 Å². The number of hydrogen-bond acceptors (Lipinski definition) is 3. The van der Waals surface area contributed by atoms with E-state index in [0.29, 0.717) is 13.1 Å². The summed E-state index contributed by atoms with van der Waals surface area (Å²) in [6.07, 6.45) is 10.6. The molecule has 0 fully saturated rings. The Balaban J connectivity index is 3.14. The summed E-state index contributed by atoms with van der Waals surface area (Å²) >= 11 is 1.86. The quantitative estimate of drug-likeness (QED) is 0.454. The van der Waals surface area contributed by atoms with Gasteiger partial charge in [0.05, 0.1) is 13.1 Å². The molecular formula is C11H20N2OS. The fourth-order valence-electron chi connectivity index (χ4n) is 1.09. The lowest BCUT2D eigenvalue weighted by molar-refractivity contribution is -0.120. The maximum Gasteiger partial charge on any atom is 0.233 e. The monoisotopic (exact) mass is 228 g/mol. The van der Waals surface area contributed by atoms with Crippen molar-refractivity contribution in [1.29, 1.82) is 0 Å². The van der Waals surface area contributed by atoms with E-state index in [0.717, 1.165) is 13.0 Å². The predicted molar refractivity (Wildman–Crippen MR) is 66.9 cm³/mol. The van der Waals surface area contributed by atoms with Gasteiger partial charge < -0.3 is 5.32 Å². The molecule has 0 aliphatic carbocycles. The highest BCUT2D eigenvalue weighted by Crippen LogP contribution is 2.00. The summed E-state index contributed by atoms with van der Waals surface area (Å²) in [5.74, 6) is 3.65. The molecule has 0 rings (SSSR count). The summed E-state index contributed by atoms with van der Waals surface area (Å²) in [4.78, 5) is 11.2. The summed E-state index contributed by atoms with van der Waals surface area (Å²) in [7, 11) is 0. The number of carbonyl (C=O) groups excluding carboxylic acids is 1. The molecule has 0 aromatic heterocycles. The van der Waals surface area contributed by atoms with Crippen LogP contribution in [0.15, 0.2) is 0 Å². The van der Waals surface area contributed by atoms with Crippen LogP contribution in [-0.4, -0.2) is 37.6 Å². The fraction of sp³-hybridized carbons (Fsp3) is 0.727. The van der Waals surface area contributed by atoms with Crippen LogP contribution in [0.1, 0.15) is 19.3 Å². The molecule has 0 atom stereocenters. The smallest absolute Gasteiger partial charge is 0.233 e. The van der Waals surface area contributed by atoms with Gasteiger partial charge in [-0.3, -0.25) is 10.1 Å². The molecule has 0 aromatic carbocycles. The van der Waals surface area contributed by atoms with Crippen LogP contribution in [0, 0.1) is 12.3 Å². The fourth-order valence-corrected chi connectivity index (χ4v) is 1.58. The Kier molecular flexibility index (Phi) is 10.9. The van der Waals surface area contributed by atoms with E-state index in [1.165, 1.54) is 18.6 Å². The summed E-state index contributed by atoms with van der Waals surface area (Å²) in [5, 5.41) is 5.69. The van der Waals surface area contributed by atoms with E-state index in [9.17, 15) is 4.79 Å². The van der Waals surface area contributed by atoms with Crippen molar-refractivity contribution >= 4 is 17.7 Å². The van der Waals surface area contributed by atoms with Crippen molar-refractivity contribution in [1.82, 2.24) is 10.6 Å². The Morgan fingerprint density at radius 2 is 2.20 bits per heavy atom. The molecule has 1 amide bonds. The lowest BCUT2D eigenvalue weighted by Crippen LogP contribution is -2.34. The Morgan fingerprint density at radius 1 is 1.40 bits per heavy atom. The van der Waals surface area contributed by atoms with Crippen molar-refractivity contribution in [2.75, 3.05) is 31.6 Å². The zero-order valence-electron chi connectivity index (χ0n) is 9.34. The molecule has 0 aliphatic heterocycles. The van der Waals surface area contributed by atoms with E-state index in [-0.39, 0.29) is 5.91 Å². The second-order valence-corrected chi connectivity index (χ2v) is 4.20. The standard InChI is InChI=1S/C11H20N2OS/c1-3-7-12-10-11(14)13-8-5-4-6-9-15-2/h1,12H,4-10H2,2H3,(H,13,14). The molecule has 4 heteroatoms. The van der Waals surface area contributed by atoms with Crippen molar-refractivity contribution in [3.8, 4) is 12.3 Å². The topological polar surface area (TPSA) is 41.1 Å². The van der Waals surface area contributed by atoms with Gasteiger partial charge in [-0.05, 0) is 24.9 Å². The molecule has 2 N–H and O–H groups in total. The zero-order valence-corrected chi connectivity index (χ0v) is 10.2. The molecule has 86 valence electrons. The van der Waals surface area contributed by atoms with E-state index in [4.69, 9.17) is 6.42 Å². The predicted octanol–water partition coefficient (Wildman–Crippen LogP) is 0.859. The highest BCUT2D eigenvalue weighted by molar-refractivity contribution is 7.98. The van der Waals surface area contributed by atoms with Crippen molar-refractivity contribution < 1.29 is 4.79 Å². The second kappa shape index (κ2) is 11.4. The Morgan fingerprint density at radius 3 is 2.87 bits per heavy atom. The first-order valence-corrected chi connectivity index (χ1v) is 6.60. The van der Waals surface area contributed by atoms with Gasteiger partial charge in [0.25, 0.3) is 0 Å². The third-order valence-corrected chi connectivity index (χ3v) is 2.56. The Bertz CT molecular complexity index is 201. The average molecular weight is 228 g/mol. The molecule has 15 heavy (non-hydrogen) atoms. The van der Waals surface area contributed by atoms with Crippen LogP contribution in [0.3, 0.4) is 0 Å². The number of unbranched alkanes of at least 4 members (excludes halogenated alkanes) is 2. The minimum absolute atomic E-state index is 0.0233.